The van der Waals surface area contributed by atoms with Crippen LogP contribution in [0.25, 0.3) is 0 Å². The van der Waals surface area contributed by atoms with Crippen molar-refractivity contribution in [3.63, 3.8) is 0 Å². The van der Waals surface area contributed by atoms with E-state index in [0.717, 1.165) is 17.7 Å². The van der Waals surface area contributed by atoms with Crippen molar-refractivity contribution in [2.75, 3.05) is 44.4 Å². The van der Waals surface area contributed by atoms with Gasteiger partial charge in [0.25, 0.3) is 0 Å². The maximum atomic E-state index is 12.8. The average Bonchev–Trinajstić information content (AvgIpc) is 2.67. The van der Waals surface area contributed by atoms with Gasteiger partial charge >= 0.3 is 0 Å². The SMILES string of the molecule is COc1cccc(N2CCN(S(=O)(=O)c3ccc(S(C)(=O)=O)cc3)CC2)c1. The number of sulfone groups is 1. The smallest absolute Gasteiger partial charge is 0.243 e. The Labute approximate surface area is 160 Å². The summed E-state index contributed by atoms with van der Waals surface area (Å²) in [6.45, 7) is 1.84. The van der Waals surface area contributed by atoms with Crippen molar-refractivity contribution < 1.29 is 21.6 Å². The van der Waals surface area contributed by atoms with Crippen molar-refractivity contribution in [3.05, 3.63) is 48.5 Å². The fourth-order valence-electron chi connectivity index (χ4n) is 3.00. The van der Waals surface area contributed by atoms with Crippen molar-refractivity contribution in [2.24, 2.45) is 0 Å². The van der Waals surface area contributed by atoms with Crippen LogP contribution < -0.4 is 9.64 Å². The first-order valence-corrected chi connectivity index (χ1v) is 11.7. The monoisotopic (exact) mass is 410 g/mol. The van der Waals surface area contributed by atoms with Crippen LogP contribution in [0.3, 0.4) is 0 Å². The molecule has 0 N–H and O–H groups in total. The molecule has 0 aromatic heterocycles. The van der Waals surface area contributed by atoms with Gasteiger partial charge in [0, 0.05) is 44.2 Å². The van der Waals surface area contributed by atoms with Crippen LogP contribution in [0.15, 0.2) is 58.3 Å². The molecule has 1 saturated heterocycles. The Morgan fingerprint density at radius 1 is 0.852 bits per heavy atom. The molecule has 0 radical (unpaired) electrons. The maximum absolute atomic E-state index is 12.8. The lowest BCUT2D eigenvalue weighted by atomic mass is 10.2. The average molecular weight is 411 g/mol. The Balaban J connectivity index is 1.72. The molecule has 146 valence electrons. The highest BCUT2D eigenvalue weighted by Crippen LogP contribution is 2.24. The zero-order valence-electron chi connectivity index (χ0n) is 15.2. The van der Waals surface area contributed by atoms with E-state index in [2.05, 4.69) is 4.90 Å². The number of hydrogen-bond acceptors (Lipinski definition) is 6. The third-order valence-corrected chi connectivity index (χ3v) is 7.59. The summed E-state index contributed by atoms with van der Waals surface area (Å²) in [5.74, 6) is 0.758. The lowest BCUT2D eigenvalue weighted by Gasteiger charge is -2.35. The summed E-state index contributed by atoms with van der Waals surface area (Å²) >= 11 is 0. The molecule has 9 heteroatoms. The van der Waals surface area contributed by atoms with Gasteiger partial charge in [-0.25, -0.2) is 16.8 Å². The summed E-state index contributed by atoms with van der Waals surface area (Å²) in [4.78, 5) is 2.32. The minimum absolute atomic E-state index is 0.101. The summed E-state index contributed by atoms with van der Waals surface area (Å²) in [5.41, 5.74) is 0.990. The number of nitrogens with zero attached hydrogens (tertiary/aromatic N) is 2. The van der Waals surface area contributed by atoms with Crippen molar-refractivity contribution >= 4 is 25.5 Å². The van der Waals surface area contributed by atoms with Crippen molar-refractivity contribution in [1.29, 1.82) is 0 Å². The number of rotatable bonds is 5. The number of ether oxygens (including phenoxy) is 1. The molecular weight excluding hydrogens is 388 g/mol. The van der Waals surface area contributed by atoms with Gasteiger partial charge in [-0.1, -0.05) is 6.07 Å². The highest BCUT2D eigenvalue weighted by atomic mass is 32.2. The Bertz CT molecular complexity index is 1010. The molecule has 2 aromatic rings. The van der Waals surface area contributed by atoms with Gasteiger partial charge in [0.15, 0.2) is 9.84 Å². The van der Waals surface area contributed by atoms with Gasteiger partial charge in [-0.2, -0.15) is 4.31 Å². The van der Waals surface area contributed by atoms with E-state index in [0.29, 0.717) is 26.2 Å². The summed E-state index contributed by atoms with van der Waals surface area (Å²) in [7, 11) is -5.40. The van der Waals surface area contributed by atoms with Crippen LogP contribution in [-0.4, -0.2) is 60.7 Å². The number of piperazine rings is 1. The van der Waals surface area contributed by atoms with Crippen LogP contribution in [0.1, 0.15) is 0 Å². The lowest BCUT2D eigenvalue weighted by Crippen LogP contribution is -2.48. The molecule has 0 bridgehead atoms. The number of benzene rings is 2. The van der Waals surface area contributed by atoms with E-state index in [1.54, 1.807) is 7.11 Å². The fraction of sp³-hybridized carbons (Fsp3) is 0.333. The van der Waals surface area contributed by atoms with Crippen LogP contribution >= 0.6 is 0 Å². The molecule has 2 aromatic carbocycles. The molecule has 27 heavy (non-hydrogen) atoms. The minimum Gasteiger partial charge on any atom is -0.497 e. The second kappa shape index (κ2) is 7.49. The summed E-state index contributed by atoms with van der Waals surface area (Å²) in [6, 6.07) is 13.0. The summed E-state index contributed by atoms with van der Waals surface area (Å²) < 4.78 is 55.4. The van der Waals surface area contributed by atoms with Crippen LogP contribution in [0, 0.1) is 0 Å². The predicted molar refractivity (Wildman–Crippen MR) is 104 cm³/mol. The molecule has 0 unspecified atom stereocenters. The normalized spacial score (nSPS) is 16.3. The molecular formula is C18H22N2O5S2. The van der Waals surface area contributed by atoms with E-state index in [9.17, 15) is 16.8 Å². The van der Waals surface area contributed by atoms with Crippen LogP contribution in [0.5, 0.6) is 5.75 Å². The topological polar surface area (TPSA) is 84.0 Å². The Kier molecular flexibility index (Phi) is 5.45. The van der Waals surface area contributed by atoms with Crippen molar-refractivity contribution in [3.8, 4) is 5.75 Å². The highest BCUT2D eigenvalue weighted by molar-refractivity contribution is 7.90. The molecule has 1 aliphatic heterocycles. The van der Waals surface area contributed by atoms with Crippen LogP contribution in [0.2, 0.25) is 0 Å². The van der Waals surface area contributed by atoms with Crippen molar-refractivity contribution in [1.82, 2.24) is 4.31 Å². The molecule has 0 spiro atoms. The largest absolute Gasteiger partial charge is 0.497 e. The number of anilines is 1. The van der Waals surface area contributed by atoms with Gasteiger partial charge in [0.2, 0.25) is 10.0 Å². The van der Waals surface area contributed by atoms with Gasteiger partial charge in [-0.05, 0) is 36.4 Å². The summed E-state index contributed by atoms with van der Waals surface area (Å²) in [5, 5.41) is 0. The fourth-order valence-corrected chi connectivity index (χ4v) is 5.05. The Hall–Kier alpha value is -2.10. The third kappa shape index (κ3) is 4.26. The molecule has 0 aliphatic carbocycles. The van der Waals surface area contributed by atoms with Gasteiger partial charge in [-0.15, -0.1) is 0 Å². The third-order valence-electron chi connectivity index (χ3n) is 4.55. The molecule has 1 heterocycles. The van der Waals surface area contributed by atoms with E-state index in [1.807, 2.05) is 24.3 Å². The molecule has 7 nitrogen and oxygen atoms in total. The highest BCUT2D eigenvalue weighted by Gasteiger charge is 2.28. The Morgan fingerprint density at radius 3 is 2.00 bits per heavy atom. The Morgan fingerprint density at radius 2 is 1.44 bits per heavy atom. The molecule has 0 atom stereocenters. The van der Waals surface area contributed by atoms with E-state index in [-0.39, 0.29) is 9.79 Å². The van der Waals surface area contributed by atoms with Crippen LogP contribution in [0.4, 0.5) is 5.69 Å². The minimum atomic E-state index is -3.66. The zero-order chi connectivity index (χ0) is 19.7. The van der Waals surface area contributed by atoms with E-state index in [4.69, 9.17) is 4.74 Å². The van der Waals surface area contributed by atoms with Gasteiger partial charge in [-0.3, -0.25) is 0 Å². The number of sulfonamides is 1. The molecule has 0 amide bonds. The van der Waals surface area contributed by atoms with E-state index < -0.39 is 19.9 Å². The second-order valence-electron chi connectivity index (χ2n) is 6.34. The second-order valence-corrected chi connectivity index (χ2v) is 10.3. The first kappa shape index (κ1) is 19.7. The van der Waals surface area contributed by atoms with Gasteiger partial charge in [0.1, 0.15) is 5.75 Å². The van der Waals surface area contributed by atoms with E-state index >= 15 is 0 Å². The molecule has 3 rings (SSSR count). The predicted octanol–water partition coefficient (Wildman–Crippen LogP) is 1.61. The number of methoxy groups -OCH3 is 1. The number of hydrogen-bond donors (Lipinski definition) is 0. The molecule has 1 fully saturated rings. The molecule has 0 saturated carbocycles. The van der Waals surface area contributed by atoms with Gasteiger partial charge < -0.3 is 9.64 Å². The maximum Gasteiger partial charge on any atom is 0.243 e. The standard InChI is InChI=1S/C18H22N2O5S2/c1-25-16-5-3-4-15(14-16)19-10-12-20(13-11-19)27(23,24)18-8-6-17(7-9-18)26(2,21)22/h3-9,14H,10-13H2,1-2H3. The van der Waals surface area contributed by atoms with Gasteiger partial charge in [0.05, 0.1) is 16.9 Å². The summed E-state index contributed by atoms with van der Waals surface area (Å²) in [6.07, 6.45) is 1.09. The quantitative estimate of drug-likeness (QED) is 0.745. The van der Waals surface area contributed by atoms with E-state index in [1.165, 1.54) is 28.6 Å². The lowest BCUT2D eigenvalue weighted by molar-refractivity contribution is 0.384. The van der Waals surface area contributed by atoms with Crippen LogP contribution in [-0.2, 0) is 19.9 Å². The first-order chi connectivity index (χ1) is 12.7. The zero-order valence-corrected chi connectivity index (χ0v) is 16.8. The van der Waals surface area contributed by atoms with Crippen molar-refractivity contribution in [2.45, 2.75) is 9.79 Å². The molecule has 1 aliphatic rings. The first-order valence-electron chi connectivity index (χ1n) is 8.41.